The van der Waals surface area contributed by atoms with Gasteiger partial charge < -0.3 is 5.32 Å². The van der Waals surface area contributed by atoms with E-state index in [2.05, 4.69) is 19.2 Å². The zero-order valence-corrected chi connectivity index (χ0v) is 13.5. The average molecular weight is 289 g/mol. The third kappa shape index (κ3) is 6.75. The van der Waals surface area contributed by atoms with Gasteiger partial charge in [-0.15, -0.1) is 0 Å². The minimum atomic E-state index is -2.74. The van der Waals surface area contributed by atoms with Gasteiger partial charge >= 0.3 is 0 Å². The van der Waals surface area contributed by atoms with Crippen LogP contribution < -0.4 is 5.32 Å². The highest BCUT2D eigenvalue weighted by molar-refractivity contribution is 7.91. The lowest BCUT2D eigenvalue weighted by Gasteiger charge is -2.23. The van der Waals surface area contributed by atoms with Gasteiger partial charge in [-0.2, -0.15) is 0 Å². The van der Waals surface area contributed by atoms with Crippen LogP contribution in [0.2, 0.25) is 0 Å². The van der Waals surface area contributed by atoms with Crippen molar-refractivity contribution in [2.24, 2.45) is 5.92 Å². The van der Waals surface area contributed by atoms with Crippen molar-refractivity contribution in [3.8, 4) is 0 Å². The van der Waals surface area contributed by atoms with Gasteiger partial charge in [0.15, 0.2) is 9.84 Å². The van der Waals surface area contributed by atoms with Crippen LogP contribution in [-0.2, 0) is 9.84 Å². The summed E-state index contributed by atoms with van der Waals surface area (Å²) in [4.78, 5) is 0. The maximum atomic E-state index is 11.6. The summed E-state index contributed by atoms with van der Waals surface area (Å²) < 4.78 is 23.1. The largest absolute Gasteiger partial charge is 0.314 e. The van der Waals surface area contributed by atoms with E-state index in [0.717, 1.165) is 19.4 Å². The first kappa shape index (κ1) is 17.0. The predicted molar refractivity (Wildman–Crippen MR) is 82.2 cm³/mol. The van der Waals surface area contributed by atoms with Crippen LogP contribution in [-0.4, -0.2) is 32.5 Å². The van der Waals surface area contributed by atoms with E-state index in [-0.39, 0.29) is 0 Å². The SMILES string of the molecule is CCCCCCCCC(NCC)C1CCS(=O)(=O)C1. The summed E-state index contributed by atoms with van der Waals surface area (Å²) >= 11 is 0. The Morgan fingerprint density at radius 2 is 1.79 bits per heavy atom. The number of rotatable bonds is 10. The number of hydrogen-bond acceptors (Lipinski definition) is 3. The van der Waals surface area contributed by atoms with E-state index >= 15 is 0 Å². The smallest absolute Gasteiger partial charge is 0.150 e. The molecule has 2 unspecified atom stereocenters. The molecule has 3 nitrogen and oxygen atoms in total. The van der Waals surface area contributed by atoms with Crippen molar-refractivity contribution in [3.63, 3.8) is 0 Å². The lowest BCUT2D eigenvalue weighted by atomic mass is 9.93. The normalized spacial score (nSPS) is 23.6. The summed E-state index contributed by atoms with van der Waals surface area (Å²) in [6.45, 7) is 5.29. The van der Waals surface area contributed by atoms with Gasteiger partial charge in [-0.3, -0.25) is 0 Å². The van der Waals surface area contributed by atoms with Crippen LogP contribution in [0.3, 0.4) is 0 Å². The lowest BCUT2D eigenvalue weighted by Crippen LogP contribution is -2.36. The van der Waals surface area contributed by atoms with Crippen molar-refractivity contribution in [2.75, 3.05) is 18.1 Å². The van der Waals surface area contributed by atoms with Crippen LogP contribution in [0.15, 0.2) is 0 Å². The molecule has 0 bridgehead atoms. The van der Waals surface area contributed by atoms with Crippen LogP contribution in [0.4, 0.5) is 0 Å². The molecule has 0 saturated carbocycles. The average Bonchev–Trinajstić information content (AvgIpc) is 2.72. The third-order valence-electron chi connectivity index (χ3n) is 4.17. The molecule has 1 aliphatic heterocycles. The highest BCUT2D eigenvalue weighted by Crippen LogP contribution is 2.25. The summed E-state index contributed by atoms with van der Waals surface area (Å²) in [6, 6.07) is 0.411. The minimum Gasteiger partial charge on any atom is -0.314 e. The van der Waals surface area contributed by atoms with Crippen LogP contribution in [0.1, 0.15) is 65.2 Å². The van der Waals surface area contributed by atoms with Crippen LogP contribution in [0, 0.1) is 5.92 Å². The van der Waals surface area contributed by atoms with E-state index in [9.17, 15) is 8.42 Å². The molecule has 0 aromatic carbocycles. The van der Waals surface area contributed by atoms with Gasteiger partial charge in [-0.05, 0) is 25.3 Å². The molecule has 0 aromatic rings. The molecule has 1 fully saturated rings. The minimum absolute atomic E-state index is 0.348. The standard InChI is InChI=1S/C15H31NO2S/c1-3-5-6-7-8-9-10-15(16-4-2)14-11-12-19(17,18)13-14/h14-16H,3-13H2,1-2H3. The van der Waals surface area contributed by atoms with Crippen LogP contribution in [0.5, 0.6) is 0 Å². The molecule has 1 heterocycles. The second-order valence-corrected chi connectivity index (χ2v) is 8.11. The first-order chi connectivity index (χ1) is 9.09. The fourth-order valence-corrected chi connectivity index (χ4v) is 4.93. The molecule has 0 aliphatic carbocycles. The summed E-state index contributed by atoms with van der Waals surface area (Å²) in [5.74, 6) is 1.15. The summed E-state index contributed by atoms with van der Waals surface area (Å²) in [7, 11) is -2.74. The molecule has 4 heteroatoms. The molecule has 0 spiro atoms. The molecule has 0 aromatic heterocycles. The highest BCUT2D eigenvalue weighted by atomic mass is 32.2. The molecule has 1 saturated heterocycles. The second-order valence-electron chi connectivity index (χ2n) is 5.88. The summed E-state index contributed by atoms with van der Waals surface area (Å²) in [6.07, 6.45) is 9.84. The Bertz CT molecular complexity index is 327. The zero-order chi connectivity index (χ0) is 14.1. The van der Waals surface area contributed by atoms with Crippen molar-refractivity contribution in [2.45, 2.75) is 71.3 Å². The molecule has 0 amide bonds. The zero-order valence-electron chi connectivity index (χ0n) is 12.7. The van der Waals surface area contributed by atoms with Gasteiger partial charge in [0.05, 0.1) is 11.5 Å². The number of unbranched alkanes of at least 4 members (excludes halogenated alkanes) is 5. The first-order valence-corrected chi connectivity index (χ1v) is 9.85. The maximum Gasteiger partial charge on any atom is 0.150 e. The van der Waals surface area contributed by atoms with Crippen molar-refractivity contribution in [3.05, 3.63) is 0 Å². The molecular weight excluding hydrogens is 258 g/mol. The Morgan fingerprint density at radius 3 is 2.37 bits per heavy atom. The Hall–Kier alpha value is -0.0900. The van der Waals surface area contributed by atoms with Crippen molar-refractivity contribution >= 4 is 9.84 Å². The highest BCUT2D eigenvalue weighted by Gasteiger charge is 2.32. The topological polar surface area (TPSA) is 46.2 Å². The maximum absolute atomic E-state index is 11.6. The molecule has 1 rings (SSSR count). The Labute approximate surface area is 119 Å². The number of sulfone groups is 1. The molecule has 114 valence electrons. The predicted octanol–water partition coefficient (Wildman–Crippen LogP) is 3.15. The van der Waals surface area contributed by atoms with E-state index in [1.807, 2.05) is 0 Å². The van der Waals surface area contributed by atoms with Crippen molar-refractivity contribution in [1.29, 1.82) is 0 Å². The Morgan fingerprint density at radius 1 is 1.11 bits per heavy atom. The van der Waals surface area contributed by atoms with E-state index in [1.54, 1.807) is 0 Å². The van der Waals surface area contributed by atoms with Crippen LogP contribution in [0.25, 0.3) is 0 Å². The number of hydrogen-bond donors (Lipinski definition) is 1. The molecule has 2 atom stereocenters. The first-order valence-electron chi connectivity index (χ1n) is 8.03. The van der Waals surface area contributed by atoms with E-state index in [1.165, 1.54) is 38.5 Å². The van der Waals surface area contributed by atoms with Crippen LogP contribution >= 0.6 is 0 Å². The quantitative estimate of drug-likeness (QED) is 0.628. The fraction of sp³-hybridized carbons (Fsp3) is 1.00. The van der Waals surface area contributed by atoms with Crippen molar-refractivity contribution < 1.29 is 8.42 Å². The van der Waals surface area contributed by atoms with Gasteiger partial charge in [0, 0.05) is 6.04 Å². The summed E-state index contributed by atoms with van der Waals surface area (Å²) in [5, 5.41) is 3.50. The van der Waals surface area contributed by atoms with Gasteiger partial charge in [0.25, 0.3) is 0 Å². The molecule has 1 N–H and O–H groups in total. The molecule has 19 heavy (non-hydrogen) atoms. The van der Waals surface area contributed by atoms with Gasteiger partial charge in [0.1, 0.15) is 0 Å². The summed E-state index contributed by atoms with van der Waals surface area (Å²) in [5.41, 5.74) is 0. The molecule has 1 aliphatic rings. The number of nitrogens with one attached hydrogen (secondary N) is 1. The Kier molecular flexibility index (Phi) is 8.00. The Balaban J connectivity index is 2.25. The second kappa shape index (κ2) is 8.96. The fourth-order valence-electron chi connectivity index (χ4n) is 3.05. The third-order valence-corrected chi connectivity index (χ3v) is 5.97. The lowest BCUT2D eigenvalue weighted by molar-refractivity contribution is 0.355. The van der Waals surface area contributed by atoms with Gasteiger partial charge in [0.2, 0.25) is 0 Å². The molecular formula is C15H31NO2S. The van der Waals surface area contributed by atoms with E-state index in [4.69, 9.17) is 0 Å². The molecule has 0 radical (unpaired) electrons. The van der Waals surface area contributed by atoms with Crippen molar-refractivity contribution in [1.82, 2.24) is 5.32 Å². The van der Waals surface area contributed by atoms with E-state index < -0.39 is 9.84 Å². The monoisotopic (exact) mass is 289 g/mol. The van der Waals surface area contributed by atoms with E-state index in [0.29, 0.717) is 23.5 Å². The van der Waals surface area contributed by atoms with Gasteiger partial charge in [-0.1, -0.05) is 52.4 Å². The van der Waals surface area contributed by atoms with Gasteiger partial charge in [-0.25, -0.2) is 8.42 Å².